The largest absolute Gasteiger partial charge is 0.376 e. The average molecular weight is 317 g/mol. The lowest BCUT2D eigenvalue weighted by molar-refractivity contribution is 0.120. The number of hydrogen-bond donors (Lipinski definition) is 1. The number of nitrogens with zero attached hydrogens (tertiary/aromatic N) is 4. The molecule has 1 unspecified atom stereocenters. The molecule has 7 heteroatoms. The molecular formula is C16H23N5O2. The summed E-state index contributed by atoms with van der Waals surface area (Å²) in [6.07, 6.45) is 6.25. The van der Waals surface area contributed by atoms with E-state index in [-0.39, 0.29) is 6.10 Å². The average Bonchev–Trinajstić information content (AvgIpc) is 3.18. The highest BCUT2D eigenvalue weighted by atomic mass is 16.5. The Bertz CT molecular complexity index is 607. The Morgan fingerprint density at radius 1 is 1.30 bits per heavy atom. The van der Waals surface area contributed by atoms with Crippen molar-refractivity contribution in [2.45, 2.75) is 39.0 Å². The van der Waals surface area contributed by atoms with Crippen LogP contribution < -0.4 is 5.32 Å². The third kappa shape index (κ3) is 4.74. The van der Waals surface area contributed by atoms with E-state index >= 15 is 0 Å². The number of hydrogen-bond acceptors (Lipinski definition) is 7. The van der Waals surface area contributed by atoms with Crippen LogP contribution >= 0.6 is 0 Å². The summed E-state index contributed by atoms with van der Waals surface area (Å²) in [7, 11) is 2.03. The van der Waals surface area contributed by atoms with E-state index in [4.69, 9.17) is 9.26 Å². The highest BCUT2D eigenvalue weighted by Gasteiger charge is 2.15. The summed E-state index contributed by atoms with van der Waals surface area (Å²) in [6.45, 7) is 5.02. The number of rotatable bonds is 7. The van der Waals surface area contributed by atoms with Gasteiger partial charge in [0.2, 0.25) is 5.95 Å². The molecule has 1 N–H and O–H groups in total. The highest BCUT2D eigenvalue weighted by molar-refractivity contribution is 5.25. The minimum absolute atomic E-state index is 0.287. The first-order valence-corrected chi connectivity index (χ1v) is 7.96. The number of ether oxygens (including phenoxy) is 1. The molecule has 1 atom stereocenters. The Balaban J connectivity index is 1.46. The van der Waals surface area contributed by atoms with Gasteiger partial charge < -0.3 is 14.6 Å². The van der Waals surface area contributed by atoms with Gasteiger partial charge in [-0.2, -0.15) is 0 Å². The molecule has 23 heavy (non-hydrogen) atoms. The van der Waals surface area contributed by atoms with Gasteiger partial charge in [0.05, 0.1) is 18.3 Å². The third-order valence-corrected chi connectivity index (χ3v) is 3.77. The van der Waals surface area contributed by atoms with E-state index in [0.717, 1.165) is 49.6 Å². The Labute approximate surface area is 136 Å². The summed E-state index contributed by atoms with van der Waals surface area (Å²) in [6, 6.07) is 1.95. The molecule has 0 spiro atoms. The maximum Gasteiger partial charge on any atom is 0.222 e. The van der Waals surface area contributed by atoms with Crippen LogP contribution in [0.4, 0.5) is 5.95 Å². The van der Waals surface area contributed by atoms with Gasteiger partial charge in [0.1, 0.15) is 0 Å². The first kappa shape index (κ1) is 15.9. The molecule has 2 aromatic rings. The highest BCUT2D eigenvalue weighted by Crippen LogP contribution is 2.13. The van der Waals surface area contributed by atoms with Crippen molar-refractivity contribution in [3.63, 3.8) is 0 Å². The molecule has 7 nitrogen and oxygen atoms in total. The van der Waals surface area contributed by atoms with Crippen LogP contribution in [0.3, 0.4) is 0 Å². The maximum absolute atomic E-state index is 5.57. The number of nitrogens with one attached hydrogen (secondary N) is 1. The first-order valence-electron chi connectivity index (χ1n) is 7.96. The van der Waals surface area contributed by atoms with E-state index in [1.54, 1.807) is 0 Å². The molecule has 3 rings (SSSR count). The van der Waals surface area contributed by atoms with Crippen LogP contribution in [0.25, 0.3) is 0 Å². The molecule has 0 aliphatic carbocycles. The van der Waals surface area contributed by atoms with E-state index in [2.05, 4.69) is 25.3 Å². The lowest BCUT2D eigenvalue weighted by atomic mass is 10.2. The van der Waals surface area contributed by atoms with Gasteiger partial charge in [-0.3, -0.25) is 4.90 Å². The van der Waals surface area contributed by atoms with Crippen LogP contribution in [-0.2, 0) is 17.8 Å². The zero-order valence-corrected chi connectivity index (χ0v) is 13.7. The van der Waals surface area contributed by atoms with Crippen LogP contribution in [0.5, 0.6) is 0 Å². The fourth-order valence-electron chi connectivity index (χ4n) is 2.66. The number of aromatic nitrogens is 3. The molecule has 1 saturated heterocycles. The van der Waals surface area contributed by atoms with Crippen molar-refractivity contribution in [3.05, 3.63) is 35.5 Å². The summed E-state index contributed by atoms with van der Waals surface area (Å²) in [5.41, 5.74) is 1.96. The van der Waals surface area contributed by atoms with E-state index in [1.165, 1.54) is 0 Å². The Morgan fingerprint density at radius 2 is 2.13 bits per heavy atom. The van der Waals surface area contributed by atoms with Gasteiger partial charge >= 0.3 is 0 Å². The van der Waals surface area contributed by atoms with Crippen molar-refractivity contribution in [1.82, 2.24) is 20.0 Å². The molecule has 0 bridgehead atoms. The molecule has 3 heterocycles. The Hall–Kier alpha value is -1.99. The van der Waals surface area contributed by atoms with Crippen molar-refractivity contribution >= 4 is 5.95 Å². The molecule has 0 aromatic carbocycles. The summed E-state index contributed by atoms with van der Waals surface area (Å²) >= 11 is 0. The molecule has 0 radical (unpaired) electrons. The van der Waals surface area contributed by atoms with Gasteiger partial charge in [0, 0.05) is 43.7 Å². The summed E-state index contributed by atoms with van der Waals surface area (Å²) < 4.78 is 10.8. The molecule has 124 valence electrons. The quantitative estimate of drug-likeness (QED) is 0.837. The second-order valence-electron chi connectivity index (χ2n) is 6.04. The van der Waals surface area contributed by atoms with E-state index in [9.17, 15) is 0 Å². The second-order valence-corrected chi connectivity index (χ2v) is 6.04. The van der Waals surface area contributed by atoms with Crippen molar-refractivity contribution in [2.24, 2.45) is 0 Å². The van der Waals surface area contributed by atoms with E-state index in [0.29, 0.717) is 12.5 Å². The Kier molecular flexibility index (Phi) is 5.19. The zero-order valence-electron chi connectivity index (χ0n) is 13.7. The van der Waals surface area contributed by atoms with Gasteiger partial charge in [-0.25, -0.2) is 9.97 Å². The van der Waals surface area contributed by atoms with Crippen molar-refractivity contribution in [1.29, 1.82) is 0 Å². The number of anilines is 1. The topological polar surface area (TPSA) is 76.3 Å². The summed E-state index contributed by atoms with van der Waals surface area (Å²) in [5, 5.41) is 7.12. The van der Waals surface area contributed by atoms with Gasteiger partial charge in [-0.05, 0) is 26.8 Å². The lowest BCUT2D eigenvalue weighted by Gasteiger charge is -2.15. The van der Waals surface area contributed by atoms with Gasteiger partial charge in [0.15, 0.2) is 5.76 Å². The summed E-state index contributed by atoms with van der Waals surface area (Å²) in [4.78, 5) is 10.9. The summed E-state index contributed by atoms with van der Waals surface area (Å²) in [5.74, 6) is 1.51. The van der Waals surface area contributed by atoms with Crippen molar-refractivity contribution in [3.8, 4) is 0 Å². The fraction of sp³-hybridized carbons (Fsp3) is 0.562. The monoisotopic (exact) mass is 317 g/mol. The van der Waals surface area contributed by atoms with Crippen molar-refractivity contribution < 1.29 is 9.26 Å². The minimum Gasteiger partial charge on any atom is -0.376 e. The molecule has 0 saturated carbocycles. The van der Waals surface area contributed by atoms with Crippen LogP contribution in [0.2, 0.25) is 0 Å². The van der Waals surface area contributed by atoms with Crippen molar-refractivity contribution in [2.75, 3.05) is 25.5 Å². The van der Waals surface area contributed by atoms with Crippen LogP contribution in [0.15, 0.2) is 23.0 Å². The number of aryl methyl sites for hydroxylation is 1. The van der Waals surface area contributed by atoms with E-state index < -0.39 is 0 Å². The predicted molar refractivity (Wildman–Crippen MR) is 85.9 cm³/mol. The van der Waals surface area contributed by atoms with E-state index in [1.807, 2.05) is 32.4 Å². The molecular weight excluding hydrogens is 294 g/mol. The molecule has 2 aromatic heterocycles. The maximum atomic E-state index is 5.57. The van der Waals surface area contributed by atoms with Crippen LogP contribution in [-0.4, -0.2) is 46.3 Å². The minimum atomic E-state index is 0.287. The molecule has 1 aliphatic heterocycles. The lowest BCUT2D eigenvalue weighted by Crippen LogP contribution is -2.20. The first-order chi connectivity index (χ1) is 11.2. The molecule has 0 amide bonds. The second kappa shape index (κ2) is 7.52. The van der Waals surface area contributed by atoms with Gasteiger partial charge in [0.25, 0.3) is 0 Å². The predicted octanol–water partition coefficient (Wildman–Crippen LogP) is 2.00. The Morgan fingerprint density at radius 3 is 2.78 bits per heavy atom. The standard InChI is InChI=1S/C16H23N5O2/c1-12-6-15(23-20-12)11-21(2)10-13-7-17-16(18-8-13)19-9-14-4-3-5-22-14/h6-8,14H,3-5,9-11H2,1-2H3,(H,17,18,19). The van der Waals surface area contributed by atoms with Gasteiger partial charge in [-0.1, -0.05) is 5.16 Å². The third-order valence-electron chi connectivity index (χ3n) is 3.77. The van der Waals surface area contributed by atoms with Crippen LogP contribution in [0.1, 0.15) is 29.9 Å². The fourth-order valence-corrected chi connectivity index (χ4v) is 2.66. The van der Waals surface area contributed by atoms with Crippen LogP contribution in [0, 0.1) is 6.92 Å². The van der Waals surface area contributed by atoms with Gasteiger partial charge in [-0.15, -0.1) is 0 Å². The molecule has 1 fully saturated rings. The smallest absolute Gasteiger partial charge is 0.222 e. The normalized spacial score (nSPS) is 17.8. The zero-order chi connectivity index (χ0) is 16.1. The SMILES string of the molecule is Cc1cc(CN(C)Cc2cnc(NCC3CCCO3)nc2)on1. The molecule has 1 aliphatic rings.